The normalized spacial score (nSPS) is 21.8. The summed E-state index contributed by atoms with van der Waals surface area (Å²) < 4.78 is 0. The molecular weight excluding hydrogens is 364 g/mol. The molecule has 0 saturated heterocycles. The minimum Gasteiger partial charge on any atom is -0.396 e. The molecule has 4 N–H and O–H groups in total. The maximum Gasteiger partial charge on any atom is 0.180 e. The van der Waals surface area contributed by atoms with E-state index in [9.17, 15) is 10.2 Å². The smallest absolute Gasteiger partial charge is 0.180 e. The number of nitrogens with zero attached hydrogens (tertiary/aromatic N) is 2. The number of hydrogen-bond donors (Lipinski definition) is 4. The van der Waals surface area contributed by atoms with Crippen LogP contribution >= 0.6 is 0 Å². The van der Waals surface area contributed by atoms with Crippen LogP contribution in [-0.4, -0.2) is 43.9 Å². The Bertz CT molecular complexity index is 1180. The highest BCUT2D eigenvalue weighted by atomic mass is 16.3. The van der Waals surface area contributed by atoms with Crippen LogP contribution < -0.4 is 5.32 Å². The van der Waals surface area contributed by atoms with Crippen LogP contribution in [0.4, 0.5) is 5.69 Å². The van der Waals surface area contributed by atoms with Crippen molar-refractivity contribution in [3.05, 3.63) is 54.2 Å². The molecule has 1 fully saturated rings. The Hall–Kier alpha value is -2.96. The van der Waals surface area contributed by atoms with E-state index >= 15 is 0 Å². The number of nitrogens with one attached hydrogen (secondary N) is 2. The van der Waals surface area contributed by atoms with Gasteiger partial charge in [-0.1, -0.05) is 42.5 Å². The van der Waals surface area contributed by atoms with E-state index in [0.717, 1.165) is 40.1 Å². The Morgan fingerprint density at radius 3 is 2.76 bits per heavy atom. The van der Waals surface area contributed by atoms with E-state index < -0.39 is 6.10 Å². The molecule has 148 valence electrons. The van der Waals surface area contributed by atoms with Crippen molar-refractivity contribution >= 4 is 27.6 Å². The first-order chi connectivity index (χ1) is 14.1. The summed E-state index contributed by atoms with van der Waals surface area (Å²) in [7, 11) is 0. The topological polar surface area (TPSA) is 94.1 Å². The van der Waals surface area contributed by atoms with Crippen LogP contribution in [0.25, 0.3) is 33.3 Å². The molecule has 3 atom stereocenters. The number of aliphatic hydroxyl groups is 2. The van der Waals surface area contributed by atoms with E-state index in [1.165, 1.54) is 5.39 Å². The molecule has 2 aromatic heterocycles. The summed E-state index contributed by atoms with van der Waals surface area (Å²) in [5, 5.41) is 25.4. The number of anilines is 1. The van der Waals surface area contributed by atoms with E-state index in [1.54, 1.807) is 0 Å². The number of aryl methyl sites for hydroxylation is 1. The van der Waals surface area contributed by atoms with E-state index in [0.29, 0.717) is 12.1 Å². The number of aromatic nitrogens is 3. The fourth-order valence-electron chi connectivity index (χ4n) is 4.42. The first kappa shape index (κ1) is 18.1. The maximum absolute atomic E-state index is 10.1. The summed E-state index contributed by atoms with van der Waals surface area (Å²) in [4.78, 5) is 12.9. The molecule has 1 aliphatic rings. The van der Waals surface area contributed by atoms with Gasteiger partial charge in [-0.15, -0.1) is 0 Å². The molecule has 2 aromatic carbocycles. The molecule has 6 nitrogen and oxygen atoms in total. The molecule has 1 saturated carbocycles. The average Bonchev–Trinajstić information content (AvgIpc) is 3.30. The molecule has 0 bridgehead atoms. The third-order valence-electron chi connectivity index (χ3n) is 5.89. The zero-order valence-corrected chi connectivity index (χ0v) is 16.3. The van der Waals surface area contributed by atoms with Gasteiger partial charge in [-0.05, 0) is 36.6 Å². The van der Waals surface area contributed by atoms with Crippen LogP contribution in [0.1, 0.15) is 18.5 Å². The largest absolute Gasteiger partial charge is 0.396 e. The Morgan fingerprint density at radius 1 is 1.10 bits per heavy atom. The maximum atomic E-state index is 10.1. The second kappa shape index (κ2) is 7.13. The molecule has 2 heterocycles. The van der Waals surface area contributed by atoms with Crippen LogP contribution in [-0.2, 0) is 0 Å². The number of hydrogen-bond acceptors (Lipinski definition) is 5. The molecule has 29 heavy (non-hydrogen) atoms. The Morgan fingerprint density at radius 2 is 1.93 bits per heavy atom. The minimum absolute atomic E-state index is 0.0133. The standard InChI is InChI=1S/C23H24N4O2/c1-13-9-19(25-16-10-15(12-28)20(29)11-16)21-23(24-13)27-22(26-21)18-8-4-6-14-5-2-3-7-17(14)18/h2-9,15-16,20,28-29H,10-12H2,1H3,(H2,24,25,26,27)/t15-,16+,20-/m0/s1. The molecule has 0 spiro atoms. The van der Waals surface area contributed by atoms with Crippen molar-refractivity contribution in [3.63, 3.8) is 0 Å². The Kier molecular flexibility index (Phi) is 4.45. The lowest BCUT2D eigenvalue weighted by molar-refractivity contribution is 0.0908. The number of rotatable bonds is 4. The average molecular weight is 388 g/mol. The zero-order chi connectivity index (χ0) is 20.0. The first-order valence-corrected chi connectivity index (χ1v) is 10.0. The minimum atomic E-state index is -0.469. The number of aliphatic hydroxyl groups excluding tert-OH is 2. The van der Waals surface area contributed by atoms with Gasteiger partial charge in [0.1, 0.15) is 11.3 Å². The van der Waals surface area contributed by atoms with E-state index in [4.69, 9.17) is 4.98 Å². The fraction of sp³-hybridized carbons (Fsp3) is 0.304. The Labute approximate surface area is 168 Å². The van der Waals surface area contributed by atoms with Gasteiger partial charge in [0.25, 0.3) is 0 Å². The lowest BCUT2D eigenvalue weighted by atomic mass is 10.0. The fourth-order valence-corrected chi connectivity index (χ4v) is 4.42. The summed E-state index contributed by atoms with van der Waals surface area (Å²) in [5.41, 5.74) is 4.39. The molecule has 0 unspecified atom stereocenters. The summed E-state index contributed by atoms with van der Waals surface area (Å²) in [6.45, 7) is 1.97. The zero-order valence-electron chi connectivity index (χ0n) is 16.3. The molecule has 4 aromatic rings. The van der Waals surface area contributed by atoms with Crippen LogP contribution in [0.3, 0.4) is 0 Å². The van der Waals surface area contributed by atoms with Crippen LogP contribution in [0.15, 0.2) is 48.5 Å². The molecule has 6 heteroatoms. The van der Waals surface area contributed by atoms with Gasteiger partial charge in [0.2, 0.25) is 0 Å². The molecule has 5 rings (SSSR count). The van der Waals surface area contributed by atoms with Crippen molar-refractivity contribution in [1.29, 1.82) is 0 Å². The van der Waals surface area contributed by atoms with Gasteiger partial charge in [0, 0.05) is 29.8 Å². The highest BCUT2D eigenvalue weighted by Crippen LogP contribution is 2.33. The van der Waals surface area contributed by atoms with E-state index in [-0.39, 0.29) is 18.6 Å². The SMILES string of the molecule is Cc1cc(N[C@@H]2C[C@@H](CO)[C@@H](O)C2)c2[nH]c(-c3cccc4ccccc34)nc2n1. The number of pyridine rings is 1. The van der Waals surface area contributed by atoms with Crippen molar-refractivity contribution in [2.24, 2.45) is 5.92 Å². The molecule has 0 radical (unpaired) electrons. The van der Waals surface area contributed by atoms with Crippen molar-refractivity contribution in [3.8, 4) is 11.4 Å². The summed E-state index contributed by atoms with van der Waals surface area (Å²) in [6.07, 6.45) is 0.896. The first-order valence-electron chi connectivity index (χ1n) is 10.0. The van der Waals surface area contributed by atoms with Gasteiger partial charge >= 0.3 is 0 Å². The lowest BCUT2D eigenvalue weighted by Crippen LogP contribution is -2.17. The van der Waals surface area contributed by atoms with Gasteiger partial charge in [-0.25, -0.2) is 9.97 Å². The molecular formula is C23H24N4O2. The quantitative estimate of drug-likeness (QED) is 0.428. The van der Waals surface area contributed by atoms with Gasteiger partial charge in [-0.2, -0.15) is 0 Å². The Balaban J connectivity index is 1.56. The number of H-pyrrole nitrogens is 1. The number of benzene rings is 2. The highest BCUT2D eigenvalue weighted by Gasteiger charge is 2.32. The second-order valence-electron chi connectivity index (χ2n) is 7.94. The van der Waals surface area contributed by atoms with Crippen molar-refractivity contribution < 1.29 is 10.2 Å². The monoisotopic (exact) mass is 388 g/mol. The lowest BCUT2D eigenvalue weighted by Gasteiger charge is -2.15. The predicted octanol–water partition coefficient (Wildman–Crippen LogP) is 3.63. The summed E-state index contributed by atoms with van der Waals surface area (Å²) in [6, 6.07) is 16.6. The number of fused-ring (bicyclic) bond motifs is 2. The molecule has 0 amide bonds. The summed E-state index contributed by atoms with van der Waals surface area (Å²) >= 11 is 0. The highest BCUT2D eigenvalue weighted by molar-refractivity contribution is 5.97. The van der Waals surface area contributed by atoms with Gasteiger partial charge < -0.3 is 20.5 Å². The summed E-state index contributed by atoms with van der Waals surface area (Å²) in [5.74, 6) is 0.719. The van der Waals surface area contributed by atoms with Gasteiger partial charge in [0.15, 0.2) is 5.65 Å². The molecule has 1 aliphatic carbocycles. The van der Waals surface area contributed by atoms with E-state index in [1.807, 2.05) is 31.2 Å². The van der Waals surface area contributed by atoms with Gasteiger partial charge in [-0.3, -0.25) is 0 Å². The van der Waals surface area contributed by atoms with Crippen LogP contribution in [0, 0.1) is 12.8 Å². The van der Waals surface area contributed by atoms with Crippen LogP contribution in [0.5, 0.6) is 0 Å². The van der Waals surface area contributed by atoms with E-state index in [2.05, 4.69) is 39.6 Å². The molecule has 0 aliphatic heterocycles. The van der Waals surface area contributed by atoms with Crippen molar-refractivity contribution in [2.75, 3.05) is 11.9 Å². The van der Waals surface area contributed by atoms with Gasteiger partial charge in [0.05, 0.1) is 11.8 Å². The number of aromatic amines is 1. The predicted molar refractivity (Wildman–Crippen MR) is 115 cm³/mol. The van der Waals surface area contributed by atoms with Crippen molar-refractivity contribution in [1.82, 2.24) is 15.0 Å². The third kappa shape index (κ3) is 3.24. The second-order valence-corrected chi connectivity index (χ2v) is 7.94. The van der Waals surface area contributed by atoms with Crippen molar-refractivity contribution in [2.45, 2.75) is 31.9 Å². The third-order valence-corrected chi connectivity index (χ3v) is 5.89. The van der Waals surface area contributed by atoms with Crippen LogP contribution in [0.2, 0.25) is 0 Å². The number of imidazole rings is 1.